The second kappa shape index (κ2) is 13.9. The van der Waals surface area contributed by atoms with E-state index in [0.717, 1.165) is 12.8 Å². The summed E-state index contributed by atoms with van der Waals surface area (Å²) in [5.74, 6) is -2.97. The molecule has 5 amide bonds. The van der Waals surface area contributed by atoms with Crippen LogP contribution in [0.5, 0.6) is 5.88 Å². The van der Waals surface area contributed by atoms with Gasteiger partial charge in [-0.25, -0.2) is 9.48 Å². The predicted molar refractivity (Wildman–Crippen MR) is 159 cm³/mol. The van der Waals surface area contributed by atoms with Crippen molar-refractivity contribution in [1.29, 1.82) is 0 Å². The lowest BCUT2D eigenvalue weighted by Crippen LogP contribution is -2.61. The van der Waals surface area contributed by atoms with Crippen molar-refractivity contribution in [3.63, 3.8) is 0 Å². The quantitative estimate of drug-likeness (QED) is 0.250. The first-order valence-corrected chi connectivity index (χ1v) is 15.2. The van der Waals surface area contributed by atoms with E-state index in [4.69, 9.17) is 4.74 Å². The highest BCUT2D eigenvalue weighted by atomic mass is 16.5. The number of aliphatic carboxylic acids is 1. The molecule has 1 aliphatic carbocycles. The third-order valence-electron chi connectivity index (χ3n) is 8.20. The van der Waals surface area contributed by atoms with Crippen LogP contribution >= 0.6 is 0 Å². The molecule has 2 saturated heterocycles. The summed E-state index contributed by atoms with van der Waals surface area (Å²) in [6.07, 6.45) is -0.295. The van der Waals surface area contributed by atoms with Gasteiger partial charge < -0.3 is 40.3 Å². The average molecular weight is 640 g/mol. The summed E-state index contributed by atoms with van der Waals surface area (Å²) in [5, 5.41) is 28.3. The van der Waals surface area contributed by atoms with Crippen molar-refractivity contribution in [2.24, 2.45) is 0 Å². The summed E-state index contributed by atoms with van der Waals surface area (Å²) < 4.78 is 7.36. The van der Waals surface area contributed by atoms with Gasteiger partial charge in [-0.15, -0.1) is 0 Å². The number of aromatic nitrogens is 2. The monoisotopic (exact) mass is 639 g/mol. The first-order valence-electron chi connectivity index (χ1n) is 15.2. The molecule has 0 radical (unpaired) electrons. The molecule has 1 aromatic heterocycles. The minimum absolute atomic E-state index is 0.0647. The molecule has 16 nitrogen and oxygen atoms in total. The molecule has 3 atom stereocenters. The van der Waals surface area contributed by atoms with E-state index in [1.165, 1.54) is 25.4 Å². The van der Waals surface area contributed by atoms with Crippen LogP contribution in [0, 0.1) is 0 Å². The number of likely N-dealkylation sites (tertiary alicyclic amines) is 1. The molecule has 2 aromatic rings. The van der Waals surface area contributed by atoms with Crippen LogP contribution in [0.15, 0.2) is 36.4 Å². The van der Waals surface area contributed by atoms with E-state index in [0.29, 0.717) is 18.7 Å². The number of nitrogens with zero attached hydrogens (tertiary/aromatic N) is 5. The molecule has 4 N–H and O–H groups in total. The Morgan fingerprint density at radius 2 is 1.61 bits per heavy atom. The smallest absolute Gasteiger partial charge is 0.407 e. The molecule has 46 heavy (non-hydrogen) atoms. The predicted octanol–water partition coefficient (Wildman–Crippen LogP) is 0.305. The number of piperazine rings is 1. The largest absolute Gasteiger partial charge is 0.481 e. The SMILES string of the molecule is CC(Oc1cc(C(=O)N[C@@H](CCC(=O)O)C(=O)N2CCN(C(=O)O)CC2)nn1-c1ccccc1)C(=O)N1CC[C@H]1C(=O)NC1CC1. The minimum Gasteiger partial charge on any atom is -0.481 e. The highest BCUT2D eigenvalue weighted by Crippen LogP contribution is 2.26. The van der Waals surface area contributed by atoms with Gasteiger partial charge >= 0.3 is 12.1 Å². The first-order chi connectivity index (χ1) is 22.0. The van der Waals surface area contributed by atoms with E-state index in [2.05, 4.69) is 15.7 Å². The van der Waals surface area contributed by atoms with Crippen molar-refractivity contribution in [3.05, 3.63) is 42.1 Å². The number of rotatable bonds is 12. The minimum atomic E-state index is -1.21. The topological polar surface area (TPSA) is 204 Å². The number of hydrogen-bond acceptors (Lipinski definition) is 8. The van der Waals surface area contributed by atoms with E-state index in [1.54, 1.807) is 37.3 Å². The number of nitrogens with one attached hydrogen (secondary N) is 2. The number of hydrogen-bond donors (Lipinski definition) is 4. The summed E-state index contributed by atoms with van der Waals surface area (Å²) in [4.78, 5) is 79.2. The van der Waals surface area contributed by atoms with Crippen LogP contribution in [0.2, 0.25) is 0 Å². The molecule has 1 aromatic carbocycles. The number of carbonyl (C=O) groups is 6. The van der Waals surface area contributed by atoms with Crippen LogP contribution in [0.3, 0.4) is 0 Å². The van der Waals surface area contributed by atoms with Crippen LogP contribution in [0.25, 0.3) is 5.69 Å². The third-order valence-corrected chi connectivity index (χ3v) is 8.20. The van der Waals surface area contributed by atoms with Crippen LogP contribution in [0.1, 0.15) is 49.5 Å². The second-order valence-corrected chi connectivity index (χ2v) is 11.5. The summed E-state index contributed by atoms with van der Waals surface area (Å²) in [7, 11) is 0. The molecule has 3 heterocycles. The van der Waals surface area contributed by atoms with Gasteiger partial charge in [-0.2, -0.15) is 5.10 Å². The Bertz CT molecular complexity index is 1480. The fourth-order valence-electron chi connectivity index (χ4n) is 5.32. The number of amides is 5. The van der Waals surface area contributed by atoms with Crippen molar-refractivity contribution < 1.29 is 43.7 Å². The standard InChI is InChI=1S/C30H37N7O9/c1-18(28(42)36-12-11-23(36)27(41)31-19-7-8-19)46-24-17-22(33-37(24)20-5-3-2-4-6-20)26(40)32-21(9-10-25(38)39)29(43)34-13-15-35(16-14-34)30(44)45/h2-6,17-19,21,23H,7-16H2,1H3,(H,31,41)(H,32,40)(H,38,39)(H,44,45)/t18?,21-,23-/m0/s1. The molecule has 246 valence electrons. The maximum atomic E-state index is 13.5. The van der Waals surface area contributed by atoms with Crippen LogP contribution < -0.4 is 15.4 Å². The highest BCUT2D eigenvalue weighted by molar-refractivity contribution is 5.97. The molecule has 0 bridgehead atoms. The summed E-state index contributed by atoms with van der Waals surface area (Å²) >= 11 is 0. The van der Waals surface area contributed by atoms with Crippen LogP contribution in [-0.4, -0.2) is 127 Å². The van der Waals surface area contributed by atoms with Gasteiger partial charge in [0.25, 0.3) is 11.8 Å². The zero-order chi connectivity index (χ0) is 33.0. The number of carboxylic acid groups (broad SMARTS) is 2. The number of carboxylic acids is 1. The maximum absolute atomic E-state index is 13.5. The highest BCUT2D eigenvalue weighted by Gasteiger charge is 2.41. The molecule has 0 spiro atoms. The third kappa shape index (κ3) is 7.55. The first kappa shape index (κ1) is 32.2. The normalized spacial score (nSPS) is 19.0. The zero-order valence-corrected chi connectivity index (χ0v) is 25.3. The number of benzene rings is 1. The fraction of sp³-hybridized carbons (Fsp3) is 0.500. The van der Waals surface area contributed by atoms with Crippen molar-refractivity contribution in [3.8, 4) is 11.6 Å². The summed E-state index contributed by atoms with van der Waals surface area (Å²) in [6.45, 7) is 2.32. The van der Waals surface area contributed by atoms with E-state index in [1.807, 2.05) is 0 Å². The van der Waals surface area contributed by atoms with Gasteiger partial charge in [0.2, 0.25) is 17.7 Å². The average Bonchev–Trinajstić information content (AvgIpc) is 3.73. The Kier molecular flexibility index (Phi) is 9.72. The second-order valence-electron chi connectivity index (χ2n) is 11.5. The van der Waals surface area contributed by atoms with Crippen LogP contribution in [-0.2, 0) is 19.2 Å². The van der Waals surface area contributed by atoms with E-state index in [-0.39, 0.29) is 56.1 Å². The molecule has 16 heteroatoms. The molecule has 3 fully saturated rings. The Balaban J connectivity index is 1.31. The fourth-order valence-corrected chi connectivity index (χ4v) is 5.32. The lowest BCUT2D eigenvalue weighted by Gasteiger charge is -2.40. The van der Waals surface area contributed by atoms with Gasteiger partial charge in [0.1, 0.15) is 12.1 Å². The lowest BCUT2D eigenvalue weighted by atomic mass is 10.0. The van der Waals surface area contributed by atoms with Crippen molar-refractivity contribution >= 4 is 35.7 Å². The maximum Gasteiger partial charge on any atom is 0.407 e. The van der Waals surface area contributed by atoms with Gasteiger partial charge in [0, 0.05) is 51.3 Å². The van der Waals surface area contributed by atoms with Gasteiger partial charge in [0.05, 0.1) is 5.69 Å². The Labute approximate surface area is 264 Å². The molecule has 1 saturated carbocycles. The van der Waals surface area contributed by atoms with Crippen LogP contribution in [0.4, 0.5) is 4.79 Å². The van der Waals surface area contributed by atoms with Gasteiger partial charge in [-0.3, -0.25) is 24.0 Å². The van der Waals surface area contributed by atoms with E-state index >= 15 is 0 Å². The molecular weight excluding hydrogens is 602 g/mol. The van der Waals surface area contributed by atoms with E-state index in [9.17, 15) is 39.0 Å². The molecule has 5 rings (SSSR count). The molecule has 2 aliphatic heterocycles. The van der Waals surface area contributed by atoms with Gasteiger partial charge in [-0.05, 0) is 44.7 Å². The number of carbonyl (C=O) groups excluding carboxylic acids is 4. The zero-order valence-electron chi connectivity index (χ0n) is 25.3. The Morgan fingerprint density at radius 3 is 2.20 bits per heavy atom. The van der Waals surface area contributed by atoms with Gasteiger partial charge in [0.15, 0.2) is 11.8 Å². The Hall–Kier alpha value is -5.15. The van der Waals surface area contributed by atoms with E-state index < -0.39 is 54.4 Å². The molecule has 1 unspecified atom stereocenters. The van der Waals surface area contributed by atoms with Gasteiger partial charge in [-0.1, -0.05) is 18.2 Å². The molecule has 3 aliphatic rings. The van der Waals surface area contributed by atoms with Crippen molar-refractivity contribution in [2.45, 2.75) is 63.3 Å². The van der Waals surface area contributed by atoms with Crippen molar-refractivity contribution in [2.75, 3.05) is 32.7 Å². The van der Waals surface area contributed by atoms with Crippen molar-refractivity contribution in [1.82, 2.24) is 35.1 Å². The summed E-state index contributed by atoms with van der Waals surface area (Å²) in [6, 6.07) is 8.46. The number of para-hydroxylation sites is 1. The lowest BCUT2D eigenvalue weighted by molar-refractivity contribution is -0.152. The Morgan fingerprint density at radius 1 is 0.935 bits per heavy atom. The molecular formula is C30H37N7O9. The number of ether oxygens (including phenoxy) is 1. The summed E-state index contributed by atoms with van der Waals surface area (Å²) in [5.41, 5.74) is 0.379.